The van der Waals surface area contributed by atoms with Crippen molar-refractivity contribution in [3.8, 4) is 11.3 Å². The van der Waals surface area contributed by atoms with Gasteiger partial charge in [0.15, 0.2) is 5.65 Å². The Balaban J connectivity index is 1.23. The molecule has 3 heterocycles. The van der Waals surface area contributed by atoms with Gasteiger partial charge in [0.25, 0.3) is 10.0 Å². The fourth-order valence-electron chi connectivity index (χ4n) is 3.93. The van der Waals surface area contributed by atoms with E-state index >= 15 is 0 Å². The molecule has 8 nitrogen and oxygen atoms in total. The van der Waals surface area contributed by atoms with Crippen LogP contribution in [0.25, 0.3) is 27.9 Å². The molecule has 3 aromatic heterocycles. The van der Waals surface area contributed by atoms with Crippen LogP contribution in [0.1, 0.15) is 5.56 Å². The minimum Gasteiger partial charge on any atom is -0.456 e. The van der Waals surface area contributed by atoms with E-state index < -0.39 is 10.0 Å². The molecule has 0 aliphatic carbocycles. The highest BCUT2D eigenvalue weighted by molar-refractivity contribution is 7.92. The lowest BCUT2D eigenvalue weighted by molar-refractivity contribution is 0.601. The summed E-state index contributed by atoms with van der Waals surface area (Å²) < 4.78 is 35.6. The van der Waals surface area contributed by atoms with Crippen LogP contribution in [0.5, 0.6) is 0 Å². The summed E-state index contributed by atoms with van der Waals surface area (Å²) in [5.74, 6) is 1.31. The summed E-state index contributed by atoms with van der Waals surface area (Å²) in [7, 11) is -3.66. The summed E-state index contributed by atoms with van der Waals surface area (Å²) in [5, 5.41) is 8.66. The first kappa shape index (κ1) is 21.9. The second-order valence-electron chi connectivity index (χ2n) is 8.41. The summed E-state index contributed by atoms with van der Waals surface area (Å²) >= 11 is 0. The Morgan fingerprint density at radius 3 is 2.42 bits per heavy atom. The first-order valence-electron chi connectivity index (χ1n) is 11.2. The van der Waals surface area contributed by atoms with Gasteiger partial charge in [-0.05, 0) is 61.5 Å². The lowest BCUT2D eigenvalue weighted by Gasteiger charge is -2.10. The molecule has 0 unspecified atom stereocenters. The standard InChI is InChI=1S/C27H21N5O3S/c1-18-6-12-22(13-7-18)36(33,34)31-21-10-8-20(9-11-21)29-26-14-15-32-27(30-26)23(17-28-32)25-16-19-4-2-3-5-24(19)35-25/h2-17,31H,1H3,(H,29,30). The van der Waals surface area contributed by atoms with Crippen molar-refractivity contribution in [3.05, 3.63) is 103 Å². The molecule has 0 saturated carbocycles. The quantitative estimate of drug-likeness (QED) is 0.294. The van der Waals surface area contributed by atoms with Gasteiger partial charge in [-0.3, -0.25) is 4.72 Å². The van der Waals surface area contributed by atoms with E-state index in [1.165, 1.54) is 0 Å². The average Bonchev–Trinajstić information content (AvgIpc) is 3.49. The zero-order valence-electron chi connectivity index (χ0n) is 19.2. The molecule has 0 aliphatic heterocycles. The number of aryl methyl sites for hydroxylation is 1. The SMILES string of the molecule is Cc1ccc(S(=O)(=O)Nc2ccc(Nc3ccn4ncc(-c5cc6ccccc6o5)c4n3)cc2)cc1. The third-order valence-electron chi connectivity index (χ3n) is 5.80. The molecule has 0 bridgehead atoms. The molecule has 3 aromatic carbocycles. The Hall–Kier alpha value is -4.63. The number of nitrogens with zero attached hydrogens (tertiary/aromatic N) is 3. The van der Waals surface area contributed by atoms with Crippen LogP contribution in [-0.2, 0) is 10.0 Å². The van der Waals surface area contributed by atoms with Crippen molar-refractivity contribution < 1.29 is 12.8 Å². The van der Waals surface area contributed by atoms with Crippen LogP contribution in [-0.4, -0.2) is 23.0 Å². The van der Waals surface area contributed by atoms with E-state index in [0.29, 0.717) is 22.9 Å². The first-order chi connectivity index (χ1) is 17.4. The minimum atomic E-state index is -3.66. The number of nitrogens with one attached hydrogen (secondary N) is 2. The molecule has 2 N–H and O–H groups in total. The maximum absolute atomic E-state index is 12.6. The van der Waals surface area contributed by atoms with E-state index in [1.807, 2.05) is 49.5 Å². The zero-order valence-corrected chi connectivity index (χ0v) is 20.0. The van der Waals surface area contributed by atoms with Gasteiger partial charge in [0.1, 0.15) is 17.2 Å². The van der Waals surface area contributed by atoms with E-state index in [2.05, 4.69) is 15.1 Å². The van der Waals surface area contributed by atoms with Gasteiger partial charge in [0, 0.05) is 23.0 Å². The van der Waals surface area contributed by atoms with Crippen molar-refractivity contribution in [1.29, 1.82) is 0 Å². The van der Waals surface area contributed by atoms with Gasteiger partial charge in [-0.25, -0.2) is 17.9 Å². The molecule has 0 fully saturated rings. The molecule has 6 aromatic rings. The lowest BCUT2D eigenvalue weighted by atomic mass is 10.2. The molecule has 0 radical (unpaired) electrons. The van der Waals surface area contributed by atoms with E-state index in [9.17, 15) is 8.42 Å². The molecule has 36 heavy (non-hydrogen) atoms. The molecule has 6 rings (SSSR count). The Bertz CT molecular complexity index is 1770. The molecule has 0 spiro atoms. The number of furan rings is 1. The Morgan fingerprint density at radius 1 is 0.889 bits per heavy atom. The van der Waals surface area contributed by atoms with Crippen molar-refractivity contribution in [2.75, 3.05) is 10.0 Å². The number of aromatic nitrogens is 3. The smallest absolute Gasteiger partial charge is 0.261 e. The number of fused-ring (bicyclic) bond motifs is 2. The highest BCUT2D eigenvalue weighted by atomic mass is 32.2. The van der Waals surface area contributed by atoms with Gasteiger partial charge in [0.05, 0.1) is 16.7 Å². The van der Waals surface area contributed by atoms with Gasteiger partial charge in [-0.2, -0.15) is 5.10 Å². The largest absolute Gasteiger partial charge is 0.456 e. The van der Waals surface area contributed by atoms with E-state index in [4.69, 9.17) is 9.40 Å². The van der Waals surface area contributed by atoms with E-state index in [1.54, 1.807) is 59.2 Å². The predicted molar refractivity (Wildman–Crippen MR) is 140 cm³/mol. The molecule has 9 heteroatoms. The fourth-order valence-corrected chi connectivity index (χ4v) is 4.99. The number of anilines is 3. The van der Waals surface area contributed by atoms with Crippen LogP contribution in [0, 0.1) is 6.92 Å². The second-order valence-corrected chi connectivity index (χ2v) is 10.1. The van der Waals surface area contributed by atoms with Gasteiger partial charge in [-0.1, -0.05) is 35.9 Å². The van der Waals surface area contributed by atoms with Gasteiger partial charge in [0.2, 0.25) is 0 Å². The van der Waals surface area contributed by atoms with Crippen LogP contribution in [0.15, 0.2) is 107 Å². The highest BCUT2D eigenvalue weighted by Crippen LogP contribution is 2.30. The van der Waals surface area contributed by atoms with Crippen molar-refractivity contribution in [2.45, 2.75) is 11.8 Å². The molecular weight excluding hydrogens is 474 g/mol. The van der Waals surface area contributed by atoms with Crippen LogP contribution in [0.2, 0.25) is 0 Å². The van der Waals surface area contributed by atoms with Crippen LogP contribution in [0.3, 0.4) is 0 Å². The van der Waals surface area contributed by atoms with Crippen molar-refractivity contribution >= 4 is 43.8 Å². The van der Waals surface area contributed by atoms with Gasteiger partial charge in [-0.15, -0.1) is 0 Å². The lowest BCUT2D eigenvalue weighted by Crippen LogP contribution is -2.12. The Labute approximate surface area is 207 Å². The summed E-state index contributed by atoms with van der Waals surface area (Å²) in [6.45, 7) is 1.91. The number of para-hydroxylation sites is 1. The Morgan fingerprint density at radius 2 is 1.64 bits per heavy atom. The molecule has 0 aliphatic rings. The van der Waals surface area contributed by atoms with E-state index in [0.717, 1.165) is 27.8 Å². The zero-order chi connectivity index (χ0) is 24.7. The number of sulfonamides is 1. The summed E-state index contributed by atoms with van der Waals surface area (Å²) in [4.78, 5) is 4.94. The molecule has 0 saturated heterocycles. The van der Waals surface area contributed by atoms with Crippen LogP contribution >= 0.6 is 0 Å². The summed E-state index contributed by atoms with van der Waals surface area (Å²) in [6.07, 6.45) is 3.56. The number of rotatable bonds is 6. The molecular formula is C27H21N5O3S. The van der Waals surface area contributed by atoms with Crippen molar-refractivity contribution in [2.24, 2.45) is 0 Å². The number of benzene rings is 3. The van der Waals surface area contributed by atoms with Crippen molar-refractivity contribution in [1.82, 2.24) is 14.6 Å². The normalized spacial score (nSPS) is 11.7. The maximum atomic E-state index is 12.6. The maximum Gasteiger partial charge on any atom is 0.261 e. The second kappa shape index (κ2) is 8.54. The van der Waals surface area contributed by atoms with Crippen LogP contribution < -0.4 is 10.0 Å². The molecule has 0 amide bonds. The van der Waals surface area contributed by atoms with Crippen LogP contribution in [0.4, 0.5) is 17.2 Å². The summed E-state index contributed by atoms with van der Waals surface area (Å²) in [5.41, 5.74) is 4.47. The van der Waals surface area contributed by atoms with E-state index in [-0.39, 0.29) is 4.90 Å². The Kier molecular flexibility index (Phi) is 5.19. The van der Waals surface area contributed by atoms with Gasteiger partial charge >= 0.3 is 0 Å². The molecule has 178 valence electrons. The van der Waals surface area contributed by atoms with Gasteiger partial charge < -0.3 is 9.73 Å². The summed E-state index contributed by atoms with van der Waals surface area (Å²) in [6, 6.07) is 25.3. The monoisotopic (exact) mass is 495 g/mol. The highest BCUT2D eigenvalue weighted by Gasteiger charge is 2.15. The minimum absolute atomic E-state index is 0.217. The average molecular weight is 496 g/mol. The number of hydrogen-bond donors (Lipinski definition) is 2. The number of hydrogen-bond acceptors (Lipinski definition) is 6. The predicted octanol–water partition coefficient (Wildman–Crippen LogP) is 6.00. The first-order valence-corrected chi connectivity index (χ1v) is 12.7. The fraction of sp³-hybridized carbons (Fsp3) is 0.0370. The topological polar surface area (TPSA) is 102 Å². The third kappa shape index (κ3) is 4.16. The third-order valence-corrected chi connectivity index (χ3v) is 7.20. The molecule has 0 atom stereocenters. The van der Waals surface area contributed by atoms with Crippen molar-refractivity contribution in [3.63, 3.8) is 0 Å².